The van der Waals surface area contributed by atoms with Crippen molar-refractivity contribution in [1.29, 1.82) is 0 Å². The van der Waals surface area contributed by atoms with E-state index in [1.165, 1.54) is 0 Å². The Balaban J connectivity index is 1.61. The Morgan fingerprint density at radius 2 is 2.24 bits per heavy atom. The maximum Gasteiger partial charge on any atom is 0.435 e. The number of H-pyrrole nitrogens is 1. The van der Waals surface area contributed by atoms with Crippen molar-refractivity contribution < 1.29 is 17.9 Å². The van der Waals surface area contributed by atoms with Gasteiger partial charge in [-0.1, -0.05) is 0 Å². The van der Waals surface area contributed by atoms with Gasteiger partial charge in [0.05, 0.1) is 6.61 Å². The Morgan fingerprint density at radius 3 is 2.90 bits per heavy atom. The van der Waals surface area contributed by atoms with E-state index in [-0.39, 0.29) is 5.92 Å². The highest BCUT2D eigenvalue weighted by Gasteiger charge is 2.35. The fourth-order valence-corrected chi connectivity index (χ4v) is 3.26. The highest BCUT2D eigenvalue weighted by atomic mass is 19.4. The van der Waals surface area contributed by atoms with Crippen LogP contribution in [0.2, 0.25) is 0 Å². The second kappa shape index (κ2) is 5.96. The van der Waals surface area contributed by atoms with E-state index in [2.05, 4.69) is 15.1 Å². The van der Waals surface area contributed by atoms with E-state index in [0.717, 1.165) is 58.2 Å². The van der Waals surface area contributed by atoms with E-state index < -0.39 is 11.9 Å². The van der Waals surface area contributed by atoms with Crippen LogP contribution >= 0.6 is 0 Å². The summed E-state index contributed by atoms with van der Waals surface area (Å²) in [6.45, 7) is 4.45. The van der Waals surface area contributed by atoms with E-state index in [9.17, 15) is 13.2 Å². The van der Waals surface area contributed by atoms with Gasteiger partial charge < -0.3 is 9.64 Å². The SMILES string of the molecule is FC(F)(F)c1cc([C@@H]2CCCN(C[C@@H]3CCOC3)C2)[nH]n1. The van der Waals surface area contributed by atoms with E-state index in [0.29, 0.717) is 11.6 Å². The second-order valence-corrected chi connectivity index (χ2v) is 6.03. The monoisotopic (exact) mass is 303 g/mol. The van der Waals surface area contributed by atoms with Crippen molar-refractivity contribution >= 4 is 0 Å². The molecule has 0 aromatic carbocycles. The zero-order chi connectivity index (χ0) is 14.9. The third-order valence-corrected chi connectivity index (χ3v) is 4.37. The number of aromatic amines is 1. The Labute approximate surface area is 121 Å². The predicted molar refractivity (Wildman–Crippen MR) is 70.9 cm³/mol. The van der Waals surface area contributed by atoms with Crippen LogP contribution in [0.1, 0.15) is 36.6 Å². The summed E-state index contributed by atoms with van der Waals surface area (Å²) < 4.78 is 43.2. The lowest BCUT2D eigenvalue weighted by Gasteiger charge is -2.33. The topological polar surface area (TPSA) is 41.1 Å². The fourth-order valence-electron chi connectivity index (χ4n) is 3.26. The average Bonchev–Trinajstić information content (AvgIpc) is 3.09. The molecule has 21 heavy (non-hydrogen) atoms. The quantitative estimate of drug-likeness (QED) is 0.933. The van der Waals surface area contributed by atoms with Crippen LogP contribution in [0.15, 0.2) is 6.07 Å². The van der Waals surface area contributed by atoms with Crippen molar-refractivity contribution in [2.45, 2.75) is 31.4 Å². The normalized spacial score (nSPS) is 28.1. The average molecular weight is 303 g/mol. The van der Waals surface area contributed by atoms with Gasteiger partial charge in [0, 0.05) is 31.3 Å². The van der Waals surface area contributed by atoms with Crippen molar-refractivity contribution in [3.05, 3.63) is 17.5 Å². The van der Waals surface area contributed by atoms with Crippen molar-refractivity contribution in [3.63, 3.8) is 0 Å². The predicted octanol–water partition coefficient (Wildman–Crippen LogP) is 2.64. The number of nitrogens with one attached hydrogen (secondary N) is 1. The summed E-state index contributed by atoms with van der Waals surface area (Å²) in [5.41, 5.74) is -0.214. The molecule has 4 nitrogen and oxygen atoms in total. The van der Waals surface area contributed by atoms with Crippen LogP contribution in [-0.4, -0.2) is 47.9 Å². The summed E-state index contributed by atoms with van der Waals surface area (Å²) >= 11 is 0. The lowest BCUT2D eigenvalue weighted by Crippen LogP contribution is -2.38. The van der Waals surface area contributed by atoms with Gasteiger partial charge in [-0.15, -0.1) is 0 Å². The van der Waals surface area contributed by atoms with Gasteiger partial charge in [0.2, 0.25) is 0 Å². The van der Waals surface area contributed by atoms with E-state index in [4.69, 9.17) is 4.74 Å². The number of nitrogens with zero attached hydrogens (tertiary/aromatic N) is 2. The molecule has 0 aliphatic carbocycles. The van der Waals surface area contributed by atoms with E-state index in [1.807, 2.05) is 0 Å². The molecule has 1 aromatic heterocycles. The molecule has 0 radical (unpaired) electrons. The Hall–Kier alpha value is -1.08. The molecule has 118 valence electrons. The molecule has 2 fully saturated rings. The van der Waals surface area contributed by atoms with Crippen molar-refractivity contribution in [2.24, 2.45) is 5.92 Å². The molecule has 1 aromatic rings. The van der Waals surface area contributed by atoms with E-state index in [1.54, 1.807) is 0 Å². The Bertz CT molecular complexity index is 468. The van der Waals surface area contributed by atoms with Crippen LogP contribution in [0, 0.1) is 5.92 Å². The number of alkyl halides is 3. The molecule has 0 unspecified atom stereocenters. The third-order valence-electron chi connectivity index (χ3n) is 4.37. The summed E-state index contributed by atoms with van der Waals surface area (Å²) in [4.78, 5) is 2.35. The van der Waals surface area contributed by atoms with Crippen LogP contribution in [0.4, 0.5) is 13.2 Å². The lowest BCUT2D eigenvalue weighted by molar-refractivity contribution is -0.141. The minimum atomic E-state index is -4.37. The maximum absolute atomic E-state index is 12.6. The van der Waals surface area contributed by atoms with Gasteiger partial charge >= 0.3 is 6.18 Å². The molecule has 2 aliphatic rings. The molecule has 2 atom stereocenters. The summed E-state index contributed by atoms with van der Waals surface area (Å²) in [6.07, 6.45) is -1.36. The van der Waals surface area contributed by atoms with Crippen LogP contribution in [0.3, 0.4) is 0 Å². The molecule has 3 rings (SSSR count). The first-order valence-electron chi connectivity index (χ1n) is 7.45. The van der Waals surface area contributed by atoms with Crippen LogP contribution in [0.25, 0.3) is 0 Å². The molecule has 7 heteroatoms. The number of ether oxygens (including phenoxy) is 1. The molecule has 2 saturated heterocycles. The van der Waals surface area contributed by atoms with Crippen molar-refractivity contribution in [2.75, 3.05) is 32.8 Å². The van der Waals surface area contributed by atoms with Gasteiger partial charge in [-0.05, 0) is 37.8 Å². The summed E-state index contributed by atoms with van der Waals surface area (Å²) in [5.74, 6) is 0.681. The van der Waals surface area contributed by atoms with Gasteiger partial charge in [-0.2, -0.15) is 18.3 Å². The first-order valence-corrected chi connectivity index (χ1v) is 7.45. The molecular weight excluding hydrogens is 283 g/mol. The molecule has 2 aliphatic heterocycles. The third kappa shape index (κ3) is 3.58. The van der Waals surface area contributed by atoms with Gasteiger partial charge in [-0.25, -0.2) is 0 Å². The highest BCUT2D eigenvalue weighted by molar-refractivity contribution is 5.16. The summed E-state index contributed by atoms with van der Waals surface area (Å²) in [6, 6.07) is 1.16. The minimum absolute atomic E-state index is 0.115. The number of likely N-dealkylation sites (tertiary alicyclic amines) is 1. The van der Waals surface area contributed by atoms with Gasteiger partial charge in [0.1, 0.15) is 0 Å². The number of hydrogen-bond donors (Lipinski definition) is 1. The number of hydrogen-bond acceptors (Lipinski definition) is 3. The maximum atomic E-state index is 12.6. The first-order chi connectivity index (χ1) is 10.0. The summed E-state index contributed by atoms with van der Waals surface area (Å²) in [7, 11) is 0. The zero-order valence-electron chi connectivity index (χ0n) is 11.8. The molecule has 0 spiro atoms. The van der Waals surface area contributed by atoms with E-state index >= 15 is 0 Å². The van der Waals surface area contributed by atoms with Gasteiger partial charge in [0.25, 0.3) is 0 Å². The molecule has 0 saturated carbocycles. The lowest BCUT2D eigenvalue weighted by atomic mass is 9.93. The van der Waals surface area contributed by atoms with Crippen LogP contribution in [0.5, 0.6) is 0 Å². The Morgan fingerprint density at radius 1 is 1.38 bits per heavy atom. The van der Waals surface area contributed by atoms with Crippen molar-refractivity contribution in [1.82, 2.24) is 15.1 Å². The Kier molecular flexibility index (Phi) is 4.21. The highest BCUT2D eigenvalue weighted by Crippen LogP contribution is 2.32. The summed E-state index contributed by atoms with van der Waals surface area (Å²) in [5, 5.41) is 5.98. The molecular formula is C14H20F3N3O. The number of rotatable bonds is 3. The fraction of sp³-hybridized carbons (Fsp3) is 0.786. The van der Waals surface area contributed by atoms with Gasteiger partial charge in [-0.3, -0.25) is 5.10 Å². The number of aromatic nitrogens is 2. The first kappa shape index (κ1) is 14.8. The smallest absolute Gasteiger partial charge is 0.381 e. The number of piperidine rings is 1. The zero-order valence-corrected chi connectivity index (χ0v) is 11.8. The molecule has 3 heterocycles. The second-order valence-electron chi connectivity index (χ2n) is 6.03. The largest absolute Gasteiger partial charge is 0.435 e. The molecule has 1 N–H and O–H groups in total. The van der Waals surface area contributed by atoms with Crippen LogP contribution < -0.4 is 0 Å². The minimum Gasteiger partial charge on any atom is -0.381 e. The van der Waals surface area contributed by atoms with Gasteiger partial charge in [0.15, 0.2) is 5.69 Å². The van der Waals surface area contributed by atoms with Crippen LogP contribution in [-0.2, 0) is 10.9 Å². The molecule has 0 bridgehead atoms. The standard InChI is InChI=1S/C14H20F3N3O/c15-14(16,17)13-6-12(18-19-13)11-2-1-4-20(8-11)7-10-3-5-21-9-10/h6,10-11H,1-5,7-9H2,(H,18,19)/t10-,11+/m0/s1. The van der Waals surface area contributed by atoms with Crippen molar-refractivity contribution in [3.8, 4) is 0 Å². The number of halogens is 3. The molecule has 0 amide bonds.